The molecule has 0 amide bonds. The smallest absolute Gasteiger partial charge is 0.126 e. The molecule has 0 heterocycles. The van der Waals surface area contributed by atoms with Gasteiger partial charge in [-0.15, -0.1) is 0 Å². The second-order valence-electron chi connectivity index (χ2n) is 12.4. The SMILES string of the molecule is CC(C)c1cc(C2(c3cc(C(C)C)c(OCCO)c(C(C)C)c3)CCCCC2)cc(C(C)C)c1OCCO. The molecule has 0 unspecified atom stereocenters. The fraction of sp³-hybridized carbons (Fsp3) is 0.647. The molecule has 2 aromatic rings. The number of hydrogen-bond acceptors (Lipinski definition) is 4. The molecule has 0 aliphatic heterocycles. The van der Waals surface area contributed by atoms with Gasteiger partial charge in [0.05, 0.1) is 13.2 Å². The maximum atomic E-state index is 9.50. The highest BCUT2D eigenvalue weighted by Crippen LogP contribution is 2.50. The Morgan fingerprint density at radius 3 is 1.16 bits per heavy atom. The molecule has 4 nitrogen and oxygen atoms in total. The van der Waals surface area contributed by atoms with E-state index in [1.54, 1.807) is 0 Å². The van der Waals surface area contributed by atoms with Crippen LogP contribution in [0.25, 0.3) is 0 Å². The largest absolute Gasteiger partial charge is 0.491 e. The van der Waals surface area contributed by atoms with Crippen LogP contribution in [-0.2, 0) is 5.41 Å². The Labute approximate surface area is 231 Å². The third-order valence-corrected chi connectivity index (χ3v) is 8.27. The van der Waals surface area contributed by atoms with Crippen molar-refractivity contribution < 1.29 is 19.7 Å². The Kier molecular flexibility index (Phi) is 10.7. The van der Waals surface area contributed by atoms with Gasteiger partial charge in [-0.1, -0.05) is 98.9 Å². The summed E-state index contributed by atoms with van der Waals surface area (Å²) in [6, 6.07) is 9.65. The fourth-order valence-electron chi connectivity index (χ4n) is 6.15. The summed E-state index contributed by atoms with van der Waals surface area (Å²) >= 11 is 0. The van der Waals surface area contributed by atoms with Gasteiger partial charge in [-0.3, -0.25) is 0 Å². The molecule has 1 fully saturated rings. The number of ether oxygens (including phenoxy) is 2. The van der Waals surface area contributed by atoms with E-state index < -0.39 is 0 Å². The molecule has 3 rings (SSSR count). The third-order valence-electron chi connectivity index (χ3n) is 8.27. The number of hydrogen-bond donors (Lipinski definition) is 2. The summed E-state index contributed by atoms with van der Waals surface area (Å²) in [5.41, 5.74) is 7.68. The molecule has 2 aromatic carbocycles. The summed E-state index contributed by atoms with van der Waals surface area (Å²) in [5.74, 6) is 3.17. The maximum Gasteiger partial charge on any atom is 0.126 e. The van der Waals surface area contributed by atoms with Crippen LogP contribution in [0.15, 0.2) is 24.3 Å². The van der Waals surface area contributed by atoms with Crippen LogP contribution in [0.3, 0.4) is 0 Å². The molecule has 0 spiro atoms. The zero-order valence-corrected chi connectivity index (χ0v) is 25.2. The summed E-state index contributed by atoms with van der Waals surface area (Å²) in [4.78, 5) is 0. The molecule has 2 N–H and O–H groups in total. The first kappa shape index (κ1) is 30.5. The van der Waals surface area contributed by atoms with E-state index >= 15 is 0 Å². The van der Waals surface area contributed by atoms with E-state index in [0.29, 0.717) is 36.9 Å². The van der Waals surface area contributed by atoms with E-state index in [4.69, 9.17) is 9.47 Å². The molecule has 0 atom stereocenters. The first-order valence-corrected chi connectivity index (χ1v) is 14.9. The number of rotatable bonds is 12. The first-order valence-electron chi connectivity index (χ1n) is 14.9. The van der Waals surface area contributed by atoms with E-state index in [9.17, 15) is 10.2 Å². The summed E-state index contributed by atoms with van der Waals surface area (Å²) in [6.07, 6.45) is 5.97. The second kappa shape index (κ2) is 13.3. The van der Waals surface area contributed by atoms with Crippen molar-refractivity contribution in [1.29, 1.82) is 0 Å². The Morgan fingerprint density at radius 2 is 0.895 bits per heavy atom. The summed E-state index contributed by atoms with van der Waals surface area (Å²) in [6.45, 7) is 18.6. The summed E-state index contributed by atoms with van der Waals surface area (Å²) in [5, 5.41) is 19.0. The van der Waals surface area contributed by atoms with Crippen LogP contribution >= 0.6 is 0 Å². The van der Waals surface area contributed by atoms with Gasteiger partial charge in [0.1, 0.15) is 24.7 Å². The molecular weight excluding hydrogens is 472 g/mol. The zero-order valence-electron chi connectivity index (χ0n) is 25.2. The number of benzene rings is 2. The van der Waals surface area contributed by atoms with Crippen LogP contribution in [-0.4, -0.2) is 36.6 Å². The number of aliphatic hydroxyl groups excluding tert-OH is 2. The van der Waals surface area contributed by atoms with Gasteiger partial charge in [-0.05, 0) is 69.9 Å². The molecular formula is C34H52O4. The van der Waals surface area contributed by atoms with E-state index in [1.807, 2.05) is 0 Å². The van der Waals surface area contributed by atoms with Gasteiger partial charge in [0.25, 0.3) is 0 Å². The van der Waals surface area contributed by atoms with Crippen molar-refractivity contribution in [1.82, 2.24) is 0 Å². The minimum atomic E-state index is -0.0656. The van der Waals surface area contributed by atoms with E-state index in [0.717, 1.165) is 24.3 Å². The van der Waals surface area contributed by atoms with Crippen LogP contribution in [0.2, 0.25) is 0 Å². The molecule has 38 heavy (non-hydrogen) atoms. The molecule has 1 aliphatic carbocycles. The minimum Gasteiger partial charge on any atom is -0.491 e. The predicted molar refractivity (Wildman–Crippen MR) is 158 cm³/mol. The lowest BCUT2D eigenvalue weighted by Gasteiger charge is -2.41. The normalized spacial score (nSPS) is 15.6. The quantitative estimate of drug-likeness (QED) is 0.294. The highest BCUT2D eigenvalue weighted by Gasteiger charge is 2.38. The maximum absolute atomic E-state index is 9.50. The van der Waals surface area contributed by atoms with Gasteiger partial charge in [0.15, 0.2) is 0 Å². The van der Waals surface area contributed by atoms with Crippen molar-refractivity contribution in [2.45, 2.75) is 117 Å². The van der Waals surface area contributed by atoms with Gasteiger partial charge in [0, 0.05) is 5.41 Å². The Morgan fingerprint density at radius 1 is 0.579 bits per heavy atom. The average molecular weight is 525 g/mol. The molecule has 0 bridgehead atoms. The van der Waals surface area contributed by atoms with Crippen LogP contribution in [0.5, 0.6) is 11.5 Å². The average Bonchev–Trinajstić information content (AvgIpc) is 2.89. The van der Waals surface area contributed by atoms with Gasteiger partial charge >= 0.3 is 0 Å². The molecule has 0 radical (unpaired) electrons. The number of aliphatic hydroxyl groups is 2. The highest BCUT2D eigenvalue weighted by molar-refractivity contribution is 5.56. The Hall–Kier alpha value is -2.04. The molecule has 4 heteroatoms. The highest BCUT2D eigenvalue weighted by atomic mass is 16.5. The molecule has 1 saturated carbocycles. The first-order chi connectivity index (χ1) is 18.1. The fourth-order valence-corrected chi connectivity index (χ4v) is 6.15. The van der Waals surface area contributed by atoms with Crippen LogP contribution in [0, 0.1) is 0 Å². The van der Waals surface area contributed by atoms with E-state index in [2.05, 4.69) is 79.7 Å². The lowest BCUT2D eigenvalue weighted by molar-refractivity contribution is 0.198. The van der Waals surface area contributed by atoms with Crippen molar-refractivity contribution in [3.8, 4) is 11.5 Å². The monoisotopic (exact) mass is 524 g/mol. The van der Waals surface area contributed by atoms with Gasteiger partial charge in [0.2, 0.25) is 0 Å². The third kappa shape index (κ3) is 6.39. The van der Waals surface area contributed by atoms with Crippen LogP contribution in [0.1, 0.15) is 145 Å². The Balaban J connectivity index is 2.34. The van der Waals surface area contributed by atoms with Gasteiger partial charge in [-0.2, -0.15) is 0 Å². The van der Waals surface area contributed by atoms with Crippen molar-refractivity contribution in [3.05, 3.63) is 57.6 Å². The lowest BCUT2D eigenvalue weighted by Crippen LogP contribution is -2.31. The Bertz CT molecular complexity index is 909. The molecule has 0 saturated heterocycles. The molecule has 0 aromatic heterocycles. The zero-order chi connectivity index (χ0) is 28.0. The topological polar surface area (TPSA) is 58.9 Å². The van der Waals surface area contributed by atoms with E-state index in [1.165, 1.54) is 52.6 Å². The molecule has 1 aliphatic rings. The van der Waals surface area contributed by atoms with Crippen molar-refractivity contribution >= 4 is 0 Å². The summed E-state index contributed by atoms with van der Waals surface area (Å²) in [7, 11) is 0. The lowest BCUT2D eigenvalue weighted by atomic mass is 9.63. The van der Waals surface area contributed by atoms with Crippen LogP contribution in [0.4, 0.5) is 0 Å². The van der Waals surface area contributed by atoms with Crippen molar-refractivity contribution in [2.75, 3.05) is 26.4 Å². The van der Waals surface area contributed by atoms with Crippen LogP contribution < -0.4 is 9.47 Å². The standard InChI is InChI=1S/C34H52O4/c1-22(2)28-18-26(19-29(23(3)4)32(28)37-16-14-35)34(12-10-9-11-13-34)27-20-30(24(5)6)33(38-17-15-36)31(21-27)25(7)8/h18-25,35-36H,9-17H2,1-8H3. The van der Waals surface area contributed by atoms with Crippen molar-refractivity contribution in [2.24, 2.45) is 0 Å². The predicted octanol–water partition coefficient (Wildman–Crippen LogP) is 8.17. The van der Waals surface area contributed by atoms with Gasteiger partial charge in [-0.25, -0.2) is 0 Å². The minimum absolute atomic E-state index is 0.0153. The van der Waals surface area contributed by atoms with Crippen molar-refractivity contribution in [3.63, 3.8) is 0 Å². The second-order valence-corrected chi connectivity index (χ2v) is 12.4. The summed E-state index contributed by atoms with van der Waals surface area (Å²) < 4.78 is 12.4. The molecule has 212 valence electrons. The van der Waals surface area contributed by atoms with E-state index in [-0.39, 0.29) is 18.6 Å². The van der Waals surface area contributed by atoms with Gasteiger partial charge < -0.3 is 19.7 Å².